The Balaban J connectivity index is 1.71. The van der Waals surface area contributed by atoms with E-state index in [1.165, 1.54) is 11.8 Å². The zero-order valence-electron chi connectivity index (χ0n) is 10.5. The van der Waals surface area contributed by atoms with Gasteiger partial charge in [-0.05, 0) is 24.3 Å². The molecule has 4 nitrogen and oxygen atoms in total. The van der Waals surface area contributed by atoms with E-state index in [2.05, 4.69) is 5.32 Å². The molecule has 0 saturated heterocycles. The van der Waals surface area contributed by atoms with Gasteiger partial charge in [0.05, 0.1) is 5.75 Å². The summed E-state index contributed by atoms with van der Waals surface area (Å²) in [5.74, 6) is 0.0607. The molecule has 1 aromatic rings. The third-order valence-corrected chi connectivity index (χ3v) is 4.02. The van der Waals surface area contributed by atoms with Crippen molar-refractivity contribution in [1.29, 1.82) is 0 Å². The number of hydrogen-bond acceptors (Lipinski definition) is 3. The Morgan fingerprint density at radius 1 is 1.32 bits per heavy atom. The lowest BCUT2D eigenvalue weighted by atomic mass is 10.2. The van der Waals surface area contributed by atoms with Crippen molar-refractivity contribution in [3.05, 3.63) is 35.9 Å². The van der Waals surface area contributed by atoms with E-state index in [9.17, 15) is 9.59 Å². The average Bonchev–Trinajstić information content (AvgIpc) is 3.21. The zero-order valence-corrected chi connectivity index (χ0v) is 11.4. The summed E-state index contributed by atoms with van der Waals surface area (Å²) in [6, 6.07) is 9.19. The van der Waals surface area contributed by atoms with Crippen molar-refractivity contribution < 1.29 is 14.7 Å². The van der Waals surface area contributed by atoms with Crippen LogP contribution in [0.1, 0.15) is 18.4 Å². The first-order valence-electron chi connectivity index (χ1n) is 6.30. The maximum atomic E-state index is 11.7. The minimum atomic E-state index is -0.927. The molecule has 1 saturated carbocycles. The summed E-state index contributed by atoms with van der Waals surface area (Å²) >= 11 is 1.50. The molecule has 1 atom stereocenters. The first-order chi connectivity index (χ1) is 9.16. The second-order valence-electron chi connectivity index (χ2n) is 4.70. The molecule has 1 fully saturated rings. The Morgan fingerprint density at radius 3 is 2.58 bits per heavy atom. The number of nitrogens with one attached hydrogen (secondary N) is 1. The van der Waals surface area contributed by atoms with Crippen LogP contribution in [-0.2, 0) is 15.3 Å². The van der Waals surface area contributed by atoms with Crippen LogP contribution in [0.3, 0.4) is 0 Å². The average molecular weight is 279 g/mol. The quantitative estimate of drug-likeness (QED) is 0.800. The number of carboxylic acids is 1. The van der Waals surface area contributed by atoms with Crippen LogP contribution in [0, 0.1) is 5.92 Å². The lowest BCUT2D eigenvalue weighted by Crippen LogP contribution is -2.43. The number of benzene rings is 1. The van der Waals surface area contributed by atoms with Gasteiger partial charge in [0.2, 0.25) is 5.91 Å². The van der Waals surface area contributed by atoms with Crippen LogP contribution in [0.25, 0.3) is 0 Å². The largest absolute Gasteiger partial charge is 0.480 e. The highest BCUT2D eigenvalue weighted by atomic mass is 32.2. The number of carbonyl (C=O) groups excluding carboxylic acids is 1. The smallest absolute Gasteiger partial charge is 0.326 e. The minimum absolute atomic E-state index is 0.126. The van der Waals surface area contributed by atoms with E-state index in [1.54, 1.807) is 0 Å². The summed E-state index contributed by atoms with van der Waals surface area (Å²) in [4.78, 5) is 22.7. The number of aliphatic carboxylic acids is 1. The van der Waals surface area contributed by atoms with E-state index in [0.29, 0.717) is 5.75 Å². The molecule has 1 aliphatic carbocycles. The van der Waals surface area contributed by atoms with E-state index in [4.69, 9.17) is 5.11 Å². The topological polar surface area (TPSA) is 66.4 Å². The second-order valence-corrected chi connectivity index (χ2v) is 5.68. The number of carbonyl (C=O) groups is 2. The van der Waals surface area contributed by atoms with Crippen LogP contribution >= 0.6 is 11.8 Å². The summed E-state index contributed by atoms with van der Waals surface area (Å²) in [7, 11) is 0. The molecule has 0 spiro atoms. The van der Waals surface area contributed by atoms with E-state index < -0.39 is 12.0 Å². The molecule has 102 valence electrons. The number of rotatable bonds is 7. The maximum absolute atomic E-state index is 11.7. The van der Waals surface area contributed by atoms with Gasteiger partial charge >= 0.3 is 5.97 Å². The Morgan fingerprint density at radius 2 is 2.00 bits per heavy atom. The standard InChI is InChI=1S/C14H17NO3S/c16-12(15-13(14(17)18)11-6-7-11)9-19-8-10-4-2-1-3-5-10/h1-5,11,13H,6-9H2,(H,15,16)(H,17,18). The molecule has 2 rings (SSSR count). The van der Waals surface area contributed by atoms with Crippen molar-refractivity contribution in [3.63, 3.8) is 0 Å². The van der Waals surface area contributed by atoms with E-state index >= 15 is 0 Å². The van der Waals surface area contributed by atoms with Gasteiger partial charge < -0.3 is 10.4 Å². The molecule has 1 aliphatic rings. The molecule has 0 radical (unpaired) electrons. The highest BCUT2D eigenvalue weighted by Gasteiger charge is 2.37. The third kappa shape index (κ3) is 4.59. The molecule has 1 unspecified atom stereocenters. The Hall–Kier alpha value is -1.49. The first-order valence-corrected chi connectivity index (χ1v) is 7.46. The van der Waals surface area contributed by atoms with Gasteiger partial charge in [-0.2, -0.15) is 0 Å². The lowest BCUT2D eigenvalue weighted by Gasteiger charge is -2.13. The van der Waals surface area contributed by atoms with Gasteiger partial charge in [0.25, 0.3) is 0 Å². The van der Waals surface area contributed by atoms with Crippen LogP contribution < -0.4 is 5.32 Å². The maximum Gasteiger partial charge on any atom is 0.326 e. The summed E-state index contributed by atoms with van der Waals surface area (Å²) in [5, 5.41) is 11.6. The monoisotopic (exact) mass is 279 g/mol. The fourth-order valence-electron chi connectivity index (χ4n) is 1.86. The lowest BCUT2D eigenvalue weighted by molar-refractivity contribution is -0.142. The third-order valence-electron chi connectivity index (χ3n) is 3.02. The number of hydrogen-bond donors (Lipinski definition) is 2. The van der Waals surface area contributed by atoms with Gasteiger partial charge in [-0.3, -0.25) is 4.79 Å². The summed E-state index contributed by atoms with van der Waals surface area (Å²) < 4.78 is 0. The Bertz CT molecular complexity index is 445. The van der Waals surface area contributed by atoms with E-state index in [1.807, 2.05) is 30.3 Å². The van der Waals surface area contributed by atoms with Crippen molar-refractivity contribution in [2.45, 2.75) is 24.6 Å². The van der Waals surface area contributed by atoms with Crippen molar-refractivity contribution in [1.82, 2.24) is 5.32 Å². The molecular formula is C14H17NO3S. The van der Waals surface area contributed by atoms with Crippen LogP contribution in [-0.4, -0.2) is 28.8 Å². The predicted molar refractivity (Wildman–Crippen MR) is 74.9 cm³/mol. The molecule has 0 bridgehead atoms. The highest BCUT2D eigenvalue weighted by Crippen LogP contribution is 2.32. The van der Waals surface area contributed by atoms with Crippen LogP contribution in [0.4, 0.5) is 0 Å². The van der Waals surface area contributed by atoms with E-state index in [-0.39, 0.29) is 11.8 Å². The van der Waals surface area contributed by atoms with Gasteiger partial charge in [0, 0.05) is 5.75 Å². The van der Waals surface area contributed by atoms with Crippen LogP contribution in [0.5, 0.6) is 0 Å². The second kappa shape index (κ2) is 6.61. The SMILES string of the molecule is O=C(CSCc1ccccc1)NC(C(=O)O)C1CC1. The number of amides is 1. The van der Waals surface area contributed by atoms with Gasteiger partial charge in [0.15, 0.2) is 0 Å². The summed E-state index contributed by atoms with van der Waals surface area (Å²) in [6.45, 7) is 0. The van der Waals surface area contributed by atoms with Crippen molar-refractivity contribution in [3.8, 4) is 0 Å². The minimum Gasteiger partial charge on any atom is -0.480 e. The van der Waals surface area contributed by atoms with Crippen molar-refractivity contribution >= 4 is 23.6 Å². The van der Waals surface area contributed by atoms with E-state index in [0.717, 1.165) is 24.2 Å². The Kier molecular flexibility index (Phi) is 4.85. The fraction of sp³-hybridized carbons (Fsp3) is 0.429. The van der Waals surface area contributed by atoms with Gasteiger partial charge in [-0.15, -0.1) is 11.8 Å². The molecule has 1 amide bonds. The van der Waals surface area contributed by atoms with Crippen LogP contribution in [0.15, 0.2) is 30.3 Å². The molecule has 1 aromatic carbocycles. The summed E-state index contributed by atoms with van der Waals surface area (Å²) in [5.41, 5.74) is 1.16. The zero-order chi connectivity index (χ0) is 13.7. The predicted octanol–water partition coefficient (Wildman–Crippen LogP) is 1.90. The molecule has 0 heterocycles. The van der Waals surface area contributed by atoms with Crippen molar-refractivity contribution in [2.24, 2.45) is 5.92 Å². The molecule has 0 aromatic heterocycles. The molecule has 0 aliphatic heterocycles. The molecule has 19 heavy (non-hydrogen) atoms. The number of carboxylic acid groups (broad SMARTS) is 1. The first kappa shape index (κ1) is 13.9. The van der Waals surface area contributed by atoms with Crippen molar-refractivity contribution in [2.75, 3.05) is 5.75 Å². The fourth-order valence-corrected chi connectivity index (χ4v) is 2.66. The molecular weight excluding hydrogens is 262 g/mol. The van der Waals surface area contributed by atoms with Gasteiger partial charge in [-0.25, -0.2) is 4.79 Å². The number of thioether (sulfide) groups is 1. The molecule has 5 heteroatoms. The summed E-state index contributed by atoms with van der Waals surface area (Å²) in [6.07, 6.45) is 1.79. The molecule has 2 N–H and O–H groups in total. The van der Waals surface area contributed by atoms with Crippen LogP contribution in [0.2, 0.25) is 0 Å². The normalized spacial score (nSPS) is 15.8. The Labute approximate surface area is 116 Å². The van der Waals surface area contributed by atoms with Gasteiger partial charge in [0.1, 0.15) is 6.04 Å². The van der Waals surface area contributed by atoms with Gasteiger partial charge in [-0.1, -0.05) is 30.3 Å². The highest BCUT2D eigenvalue weighted by molar-refractivity contribution is 7.99.